The summed E-state index contributed by atoms with van der Waals surface area (Å²) in [5.41, 5.74) is 5.65. The van der Waals surface area contributed by atoms with E-state index in [2.05, 4.69) is 5.32 Å². The maximum Gasteiger partial charge on any atom is 0.0215 e. The summed E-state index contributed by atoms with van der Waals surface area (Å²) in [4.78, 5) is 0. The van der Waals surface area contributed by atoms with Crippen molar-refractivity contribution in [3.8, 4) is 0 Å². The molecule has 0 unspecified atom stereocenters. The van der Waals surface area contributed by atoms with Crippen molar-refractivity contribution in [1.29, 1.82) is 0 Å². The molecule has 0 heterocycles. The molecule has 1 rings (SSSR count). The highest BCUT2D eigenvalue weighted by molar-refractivity contribution is 4.78. The van der Waals surface area contributed by atoms with Gasteiger partial charge < -0.3 is 11.1 Å². The van der Waals surface area contributed by atoms with Gasteiger partial charge in [-0.1, -0.05) is 19.3 Å². The number of nitrogens with one attached hydrogen (secondary N) is 1. The van der Waals surface area contributed by atoms with Gasteiger partial charge in [0.25, 0.3) is 0 Å². The Morgan fingerprint density at radius 2 is 2.00 bits per heavy atom. The van der Waals surface area contributed by atoms with E-state index in [1.54, 1.807) is 0 Å². The molecule has 0 amide bonds. The zero-order valence-corrected chi connectivity index (χ0v) is 7.47. The van der Waals surface area contributed by atoms with Crippen molar-refractivity contribution in [2.24, 2.45) is 11.7 Å². The topological polar surface area (TPSA) is 38.0 Å². The van der Waals surface area contributed by atoms with E-state index in [9.17, 15) is 0 Å². The molecule has 1 aliphatic carbocycles. The molecule has 2 nitrogen and oxygen atoms in total. The molecule has 66 valence electrons. The lowest BCUT2D eigenvalue weighted by Crippen LogP contribution is -2.40. The van der Waals surface area contributed by atoms with E-state index in [-0.39, 0.29) is 0 Å². The summed E-state index contributed by atoms with van der Waals surface area (Å²) in [6, 6.07) is 0.565. The molecule has 1 atom stereocenters. The average molecular weight is 156 g/mol. The van der Waals surface area contributed by atoms with Crippen LogP contribution in [0.15, 0.2) is 0 Å². The predicted octanol–water partition coefficient (Wildman–Crippen LogP) is 1.11. The van der Waals surface area contributed by atoms with E-state index < -0.39 is 0 Å². The summed E-state index contributed by atoms with van der Waals surface area (Å²) in [5.74, 6) is 0.846. The molecule has 0 aromatic heterocycles. The zero-order chi connectivity index (χ0) is 8.10. The first-order valence-electron chi connectivity index (χ1n) is 4.76. The third-order valence-electron chi connectivity index (χ3n) is 2.84. The van der Waals surface area contributed by atoms with Crippen LogP contribution < -0.4 is 11.1 Å². The van der Waals surface area contributed by atoms with Crippen LogP contribution in [0.2, 0.25) is 0 Å². The molecular formula is C9H20N2. The van der Waals surface area contributed by atoms with E-state index in [0.717, 1.165) is 12.5 Å². The van der Waals surface area contributed by atoms with Gasteiger partial charge in [0.2, 0.25) is 0 Å². The van der Waals surface area contributed by atoms with Crippen molar-refractivity contribution in [2.75, 3.05) is 13.6 Å². The van der Waals surface area contributed by atoms with Gasteiger partial charge in [-0.25, -0.2) is 0 Å². The Bertz CT molecular complexity index is 93.7. The highest BCUT2D eigenvalue weighted by atomic mass is 14.9. The highest BCUT2D eigenvalue weighted by Gasteiger charge is 2.20. The summed E-state index contributed by atoms with van der Waals surface area (Å²) in [7, 11) is 2.02. The van der Waals surface area contributed by atoms with Crippen molar-refractivity contribution in [3.05, 3.63) is 0 Å². The van der Waals surface area contributed by atoms with Gasteiger partial charge in [-0.15, -0.1) is 0 Å². The maximum absolute atomic E-state index is 5.65. The summed E-state index contributed by atoms with van der Waals surface area (Å²) < 4.78 is 0. The third kappa shape index (κ3) is 2.46. The fourth-order valence-electron chi connectivity index (χ4n) is 2.08. The molecule has 2 heteroatoms. The minimum atomic E-state index is 0.565. The average Bonchev–Trinajstić information content (AvgIpc) is 2.09. The van der Waals surface area contributed by atoms with Crippen molar-refractivity contribution >= 4 is 0 Å². The molecule has 0 spiro atoms. The molecule has 0 aromatic carbocycles. The first kappa shape index (κ1) is 9.01. The van der Waals surface area contributed by atoms with Crippen LogP contribution in [0.5, 0.6) is 0 Å². The van der Waals surface area contributed by atoms with E-state index in [1.165, 1.54) is 32.1 Å². The van der Waals surface area contributed by atoms with Crippen LogP contribution in [-0.4, -0.2) is 19.6 Å². The molecule has 0 aromatic rings. The van der Waals surface area contributed by atoms with Gasteiger partial charge in [0, 0.05) is 12.6 Å². The first-order chi connectivity index (χ1) is 5.38. The summed E-state index contributed by atoms with van der Waals surface area (Å²) in [5, 5.41) is 3.30. The van der Waals surface area contributed by atoms with Crippen LogP contribution in [0.3, 0.4) is 0 Å². The molecule has 3 N–H and O–H groups in total. The molecule has 0 saturated heterocycles. The van der Waals surface area contributed by atoms with Gasteiger partial charge in [-0.2, -0.15) is 0 Å². The Morgan fingerprint density at radius 1 is 1.36 bits per heavy atom. The fraction of sp³-hybridized carbons (Fsp3) is 1.00. The van der Waals surface area contributed by atoms with Gasteiger partial charge in [0.15, 0.2) is 0 Å². The second kappa shape index (κ2) is 4.73. The Balaban J connectivity index is 2.30. The second-order valence-electron chi connectivity index (χ2n) is 3.53. The van der Waals surface area contributed by atoms with Crippen molar-refractivity contribution in [3.63, 3.8) is 0 Å². The molecule has 0 bridgehead atoms. The molecule has 1 saturated carbocycles. The van der Waals surface area contributed by atoms with E-state index in [0.29, 0.717) is 6.04 Å². The van der Waals surface area contributed by atoms with E-state index >= 15 is 0 Å². The van der Waals surface area contributed by atoms with Gasteiger partial charge in [0.05, 0.1) is 0 Å². The molecular weight excluding hydrogens is 136 g/mol. The van der Waals surface area contributed by atoms with Crippen molar-refractivity contribution < 1.29 is 0 Å². The zero-order valence-electron chi connectivity index (χ0n) is 7.47. The Morgan fingerprint density at radius 3 is 2.45 bits per heavy atom. The lowest BCUT2D eigenvalue weighted by molar-refractivity contribution is 0.282. The van der Waals surface area contributed by atoms with Crippen LogP contribution >= 0.6 is 0 Å². The Labute approximate surface area is 69.5 Å². The molecule has 1 aliphatic rings. The molecule has 11 heavy (non-hydrogen) atoms. The third-order valence-corrected chi connectivity index (χ3v) is 2.84. The number of hydrogen-bond donors (Lipinski definition) is 2. The van der Waals surface area contributed by atoms with Gasteiger partial charge in [0.1, 0.15) is 0 Å². The SMILES string of the molecule is CN[C@H](CN)C1CCCCC1. The van der Waals surface area contributed by atoms with Crippen molar-refractivity contribution in [1.82, 2.24) is 5.32 Å². The second-order valence-corrected chi connectivity index (χ2v) is 3.53. The van der Waals surface area contributed by atoms with Crippen LogP contribution in [0, 0.1) is 5.92 Å². The minimum absolute atomic E-state index is 0.565. The number of rotatable bonds is 3. The molecule has 0 radical (unpaired) electrons. The number of nitrogens with two attached hydrogens (primary N) is 1. The summed E-state index contributed by atoms with van der Waals surface area (Å²) in [6.07, 6.45) is 6.99. The van der Waals surface area contributed by atoms with E-state index in [4.69, 9.17) is 5.73 Å². The van der Waals surface area contributed by atoms with Crippen molar-refractivity contribution in [2.45, 2.75) is 38.1 Å². The predicted molar refractivity (Wildman–Crippen MR) is 48.5 cm³/mol. The normalized spacial score (nSPS) is 23.5. The smallest absolute Gasteiger partial charge is 0.0215 e. The van der Waals surface area contributed by atoms with Crippen LogP contribution in [0.1, 0.15) is 32.1 Å². The Kier molecular flexibility index (Phi) is 3.87. The monoisotopic (exact) mass is 156 g/mol. The standard InChI is InChI=1S/C9H20N2/c1-11-9(7-10)8-5-3-2-4-6-8/h8-9,11H,2-7,10H2,1H3/t9-/m1/s1. The Hall–Kier alpha value is -0.0800. The number of hydrogen-bond acceptors (Lipinski definition) is 2. The maximum atomic E-state index is 5.65. The lowest BCUT2D eigenvalue weighted by Gasteiger charge is -2.28. The van der Waals surface area contributed by atoms with Gasteiger partial charge in [-0.3, -0.25) is 0 Å². The fourth-order valence-corrected chi connectivity index (χ4v) is 2.08. The summed E-state index contributed by atoms with van der Waals surface area (Å²) >= 11 is 0. The van der Waals surface area contributed by atoms with Gasteiger partial charge in [-0.05, 0) is 25.8 Å². The number of likely N-dealkylation sites (N-methyl/N-ethyl adjacent to an activating group) is 1. The van der Waals surface area contributed by atoms with Crippen LogP contribution in [0.4, 0.5) is 0 Å². The largest absolute Gasteiger partial charge is 0.329 e. The first-order valence-corrected chi connectivity index (χ1v) is 4.76. The van der Waals surface area contributed by atoms with Gasteiger partial charge >= 0.3 is 0 Å². The van der Waals surface area contributed by atoms with Crippen LogP contribution in [-0.2, 0) is 0 Å². The minimum Gasteiger partial charge on any atom is -0.329 e. The highest BCUT2D eigenvalue weighted by Crippen LogP contribution is 2.25. The lowest BCUT2D eigenvalue weighted by atomic mass is 9.84. The molecule has 1 fully saturated rings. The quantitative estimate of drug-likeness (QED) is 0.642. The van der Waals surface area contributed by atoms with E-state index in [1.807, 2.05) is 7.05 Å². The van der Waals surface area contributed by atoms with Crippen LogP contribution in [0.25, 0.3) is 0 Å². The molecule has 0 aliphatic heterocycles. The summed E-state index contributed by atoms with van der Waals surface area (Å²) in [6.45, 7) is 0.793.